The van der Waals surface area contributed by atoms with Crippen LogP contribution in [0.1, 0.15) is 21.7 Å². The van der Waals surface area contributed by atoms with Crippen molar-refractivity contribution in [2.45, 2.75) is 6.92 Å². The first-order chi connectivity index (χ1) is 8.70. The molecular weight excluding hydrogens is 230 g/mol. The number of carbonyl (C=O) groups excluding carboxylic acids is 1. The second-order valence-electron chi connectivity index (χ2n) is 3.54. The van der Waals surface area contributed by atoms with E-state index in [2.05, 4.69) is 9.97 Å². The van der Waals surface area contributed by atoms with E-state index < -0.39 is 5.97 Å². The van der Waals surface area contributed by atoms with Gasteiger partial charge in [0.1, 0.15) is 11.8 Å². The standard InChI is InChI=1S/C13H9N3O2/c1-9-7-16-11(8-15-9)13(17)18-12-5-3-2-4-10(12)6-14/h2-5,7-8H,1H3. The highest BCUT2D eigenvalue weighted by molar-refractivity contribution is 5.88. The summed E-state index contributed by atoms with van der Waals surface area (Å²) in [6.07, 6.45) is 2.82. The number of hydrogen-bond donors (Lipinski definition) is 0. The molecule has 0 atom stereocenters. The molecule has 0 fully saturated rings. The van der Waals surface area contributed by atoms with Gasteiger partial charge < -0.3 is 4.74 Å². The zero-order valence-electron chi connectivity index (χ0n) is 9.62. The Balaban J connectivity index is 2.22. The molecule has 2 aromatic rings. The number of aryl methyl sites for hydroxylation is 1. The Labute approximate surface area is 104 Å². The average molecular weight is 239 g/mol. The lowest BCUT2D eigenvalue weighted by molar-refractivity contribution is 0.0727. The number of hydrogen-bond acceptors (Lipinski definition) is 5. The van der Waals surface area contributed by atoms with Gasteiger partial charge in [-0.3, -0.25) is 4.98 Å². The summed E-state index contributed by atoms with van der Waals surface area (Å²) in [5.74, 6) is -0.419. The van der Waals surface area contributed by atoms with Gasteiger partial charge in [-0.25, -0.2) is 9.78 Å². The fraction of sp³-hybridized carbons (Fsp3) is 0.0769. The molecule has 0 unspecified atom stereocenters. The number of ether oxygens (including phenoxy) is 1. The number of aromatic nitrogens is 2. The van der Waals surface area contributed by atoms with Crippen molar-refractivity contribution in [3.8, 4) is 11.8 Å². The average Bonchev–Trinajstić information content (AvgIpc) is 2.40. The van der Waals surface area contributed by atoms with Gasteiger partial charge in [-0.2, -0.15) is 5.26 Å². The summed E-state index contributed by atoms with van der Waals surface area (Å²) < 4.78 is 5.10. The third-order valence-corrected chi connectivity index (χ3v) is 2.20. The third kappa shape index (κ3) is 2.50. The molecule has 5 heteroatoms. The van der Waals surface area contributed by atoms with Gasteiger partial charge in [0.05, 0.1) is 17.5 Å². The maximum absolute atomic E-state index is 11.8. The van der Waals surface area contributed by atoms with E-state index in [1.54, 1.807) is 31.2 Å². The molecule has 0 aliphatic heterocycles. The molecule has 0 saturated heterocycles. The highest BCUT2D eigenvalue weighted by Gasteiger charge is 2.12. The zero-order chi connectivity index (χ0) is 13.0. The van der Waals surface area contributed by atoms with Crippen LogP contribution in [0.2, 0.25) is 0 Å². The van der Waals surface area contributed by atoms with Gasteiger partial charge in [-0.1, -0.05) is 12.1 Å². The molecule has 0 radical (unpaired) electrons. The molecule has 0 aliphatic rings. The second kappa shape index (κ2) is 5.06. The minimum atomic E-state index is -0.634. The SMILES string of the molecule is Cc1cnc(C(=O)Oc2ccccc2C#N)cn1. The molecule has 1 aromatic heterocycles. The van der Waals surface area contributed by atoms with Gasteiger partial charge in [0.15, 0.2) is 5.69 Å². The maximum Gasteiger partial charge on any atom is 0.363 e. The highest BCUT2D eigenvalue weighted by atomic mass is 16.5. The summed E-state index contributed by atoms with van der Waals surface area (Å²) in [5, 5.41) is 8.87. The number of rotatable bonds is 2. The van der Waals surface area contributed by atoms with Gasteiger partial charge in [-0.15, -0.1) is 0 Å². The van der Waals surface area contributed by atoms with Gasteiger partial charge in [0, 0.05) is 6.20 Å². The van der Waals surface area contributed by atoms with Gasteiger partial charge in [0.25, 0.3) is 0 Å². The number of carbonyl (C=O) groups is 1. The van der Waals surface area contributed by atoms with E-state index in [9.17, 15) is 4.79 Å². The van der Waals surface area contributed by atoms with Crippen LogP contribution in [0, 0.1) is 18.3 Å². The number of benzene rings is 1. The largest absolute Gasteiger partial charge is 0.420 e. The molecule has 0 saturated carbocycles. The minimum absolute atomic E-state index is 0.105. The highest BCUT2D eigenvalue weighted by Crippen LogP contribution is 2.17. The summed E-state index contributed by atoms with van der Waals surface area (Å²) in [4.78, 5) is 19.6. The van der Waals surface area contributed by atoms with Gasteiger partial charge in [0.2, 0.25) is 0 Å². The molecule has 0 spiro atoms. The first kappa shape index (κ1) is 11.7. The van der Waals surface area contributed by atoms with Crippen LogP contribution in [0.5, 0.6) is 5.75 Å². The molecule has 1 heterocycles. The normalized spacial score (nSPS) is 9.56. The maximum atomic E-state index is 11.8. The third-order valence-electron chi connectivity index (χ3n) is 2.20. The van der Waals surface area contributed by atoms with E-state index in [0.717, 1.165) is 0 Å². The van der Waals surface area contributed by atoms with E-state index in [0.29, 0.717) is 11.3 Å². The van der Waals surface area contributed by atoms with Crippen LogP contribution < -0.4 is 4.74 Å². The van der Waals surface area contributed by atoms with Crippen molar-refractivity contribution in [2.24, 2.45) is 0 Å². The molecule has 5 nitrogen and oxygen atoms in total. The van der Waals surface area contributed by atoms with E-state index in [4.69, 9.17) is 10.00 Å². The predicted molar refractivity (Wildman–Crippen MR) is 62.9 cm³/mol. The number of nitriles is 1. The molecular formula is C13H9N3O2. The van der Waals surface area contributed by atoms with Gasteiger partial charge in [-0.05, 0) is 19.1 Å². The van der Waals surface area contributed by atoms with Crippen molar-refractivity contribution < 1.29 is 9.53 Å². The Morgan fingerprint density at radius 1 is 1.28 bits per heavy atom. The predicted octanol–water partition coefficient (Wildman–Crippen LogP) is 1.88. The minimum Gasteiger partial charge on any atom is -0.420 e. The van der Waals surface area contributed by atoms with Crippen molar-refractivity contribution in [3.05, 3.63) is 53.6 Å². The van der Waals surface area contributed by atoms with Crippen LogP contribution in [0.25, 0.3) is 0 Å². The number of esters is 1. The summed E-state index contributed by atoms with van der Waals surface area (Å²) in [6, 6.07) is 8.46. The quantitative estimate of drug-likeness (QED) is 0.590. The smallest absolute Gasteiger partial charge is 0.363 e. The van der Waals surface area contributed by atoms with Crippen LogP contribution in [0.4, 0.5) is 0 Å². The van der Waals surface area contributed by atoms with Crippen molar-refractivity contribution >= 4 is 5.97 Å². The molecule has 0 amide bonds. The Kier molecular flexibility index (Phi) is 3.30. The molecule has 0 aliphatic carbocycles. The van der Waals surface area contributed by atoms with Gasteiger partial charge >= 0.3 is 5.97 Å². The molecule has 18 heavy (non-hydrogen) atoms. The fourth-order valence-corrected chi connectivity index (χ4v) is 1.30. The fourth-order valence-electron chi connectivity index (χ4n) is 1.30. The van der Waals surface area contributed by atoms with Crippen LogP contribution in [-0.2, 0) is 0 Å². The van der Waals surface area contributed by atoms with Crippen LogP contribution in [0.15, 0.2) is 36.7 Å². The van der Waals surface area contributed by atoms with Crippen molar-refractivity contribution in [3.63, 3.8) is 0 Å². The summed E-state index contributed by atoms with van der Waals surface area (Å²) in [6.45, 7) is 1.77. The van der Waals surface area contributed by atoms with Crippen molar-refractivity contribution in [1.82, 2.24) is 9.97 Å². The number of para-hydroxylation sites is 1. The Morgan fingerprint density at radius 2 is 2.06 bits per heavy atom. The summed E-state index contributed by atoms with van der Waals surface area (Å²) >= 11 is 0. The molecule has 1 aromatic carbocycles. The monoisotopic (exact) mass is 239 g/mol. The molecule has 0 N–H and O–H groups in total. The molecule has 0 bridgehead atoms. The Morgan fingerprint density at radius 3 is 2.72 bits per heavy atom. The lowest BCUT2D eigenvalue weighted by Gasteiger charge is -2.04. The zero-order valence-corrected chi connectivity index (χ0v) is 9.62. The first-order valence-corrected chi connectivity index (χ1v) is 5.20. The van der Waals surface area contributed by atoms with Crippen molar-refractivity contribution in [2.75, 3.05) is 0 Å². The summed E-state index contributed by atoms with van der Waals surface area (Å²) in [5.41, 5.74) is 1.11. The van der Waals surface area contributed by atoms with Crippen molar-refractivity contribution in [1.29, 1.82) is 5.26 Å². The lowest BCUT2D eigenvalue weighted by Crippen LogP contribution is -2.11. The van der Waals surface area contributed by atoms with Crippen LogP contribution in [0.3, 0.4) is 0 Å². The van der Waals surface area contributed by atoms with E-state index in [-0.39, 0.29) is 11.4 Å². The van der Waals surface area contributed by atoms with E-state index >= 15 is 0 Å². The Hall–Kier alpha value is -2.74. The van der Waals surface area contributed by atoms with Crippen LogP contribution in [-0.4, -0.2) is 15.9 Å². The van der Waals surface area contributed by atoms with Crippen LogP contribution >= 0.6 is 0 Å². The topological polar surface area (TPSA) is 75.9 Å². The lowest BCUT2D eigenvalue weighted by atomic mass is 10.2. The number of nitrogens with zero attached hydrogens (tertiary/aromatic N) is 3. The molecule has 88 valence electrons. The molecule has 2 rings (SSSR count). The second-order valence-corrected chi connectivity index (χ2v) is 3.54. The van der Waals surface area contributed by atoms with E-state index in [1.807, 2.05) is 6.07 Å². The first-order valence-electron chi connectivity index (χ1n) is 5.20. The Bertz CT molecular complexity index is 615. The van der Waals surface area contributed by atoms with E-state index in [1.165, 1.54) is 12.4 Å². The summed E-state index contributed by atoms with van der Waals surface area (Å²) in [7, 11) is 0.